The van der Waals surface area contributed by atoms with E-state index in [1.54, 1.807) is 5.38 Å². The molecule has 0 saturated heterocycles. The summed E-state index contributed by atoms with van der Waals surface area (Å²) >= 11 is 2.59. The molecule has 29 heavy (non-hydrogen) atoms. The number of hydrogen-bond donors (Lipinski definition) is 2. The van der Waals surface area contributed by atoms with Gasteiger partial charge in [-0.15, -0.1) is 11.3 Å². The number of nitrogens with zero attached hydrogens (tertiary/aromatic N) is 2. The standard InChI is InChI=1S/C19H13F3N4OS2/c20-19(21,22)11-4-3-5-12(8-11)23-17-24-13(10-28-17)9-16(27)26-18-25-14-6-1-2-7-15(14)29-18/h1-8,10H,9H2,(H,23,24)(H,25,26,27). The third kappa shape index (κ3) is 4.72. The molecule has 0 atom stereocenters. The van der Waals surface area contributed by atoms with E-state index in [0.717, 1.165) is 22.3 Å². The first-order valence-corrected chi connectivity index (χ1v) is 10.1. The van der Waals surface area contributed by atoms with Crippen molar-refractivity contribution in [2.45, 2.75) is 12.6 Å². The van der Waals surface area contributed by atoms with Crippen LogP contribution in [-0.2, 0) is 17.4 Å². The largest absolute Gasteiger partial charge is 0.416 e. The molecule has 10 heteroatoms. The molecule has 0 fully saturated rings. The highest BCUT2D eigenvalue weighted by Crippen LogP contribution is 2.32. The smallest absolute Gasteiger partial charge is 0.332 e. The SMILES string of the molecule is O=C(Cc1csc(Nc2cccc(C(F)(F)F)c2)n1)Nc1nc2ccccc2s1. The zero-order chi connectivity index (χ0) is 20.4. The zero-order valence-electron chi connectivity index (χ0n) is 14.7. The van der Waals surface area contributed by atoms with Crippen LogP contribution in [0.15, 0.2) is 53.9 Å². The number of carbonyl (C=O) groups is 1. The van der Waals surface area contributed by atoms with Crippen LogP contribution in [-0.4, -0.2) is 15.9 Å². The van der Waals surface area contributed by atoms with Crippen molar-refractivity contribution in [1.29, 1.82) is 0 Å². The maximum Gasteiger partial charge on any atom is 0.416 e. The van der Waals surface area contributed by atoms with Gasteiger partial charge in [0.25, 0.3) is 0 Å². The average molecular weight is 434 g/mol. The van der Waals surface area contributed by atoms with Gasteiger partial charge in [-0.05, 0) is 30.3 Å². The summed E-state index contributed by atoms with van der Waals surface area (Å²) in [4.78, 5) is 20.9. The van der Waals surface area contributed by atoms with E-state index in [2.05, 4.69) is 20.6 Å². The van der Waals surface area contributed by atoms with Gasteiger partial charge in [0.2, 0.25) is 5.91 Å². The molecular formula is C19H13F3N4OS2. The minimum Gasteiger partial charge on any atom is -0.332 e. The number of fused-ring (bicyclic) bond motifs is 1. The van der Waals surface area contributed by atoms with E-state index in [0.29, 0.717) is 16.0 Å². The molecular weight excluding hydrogens is 421 g/mol. The second kappa shape index (κ2) is 7.80. The molecule has 2 N–H and O–H groups in total. The predicted molar refractivity (Wildman–Crippen MR) is 109 cm³/mol. The van der Waals surface area contributed by atoms with Gasteiger partial charge in [-0.1, -0.05) is 29.5 Å². The second-order valence-electron chi connectivity index (χ2n) is 6.06. The van der Waals surface area contributed by atoms with E-state index < -0.39 is 11.7 Å². The number of aromatic nitrogens is 2. The molecule has 5 nitrogen and oxygen atoms in total. The predicted octanol–water partition coefficient (Wildman–Crippen LogP) is 5.70. The van der Waals surface area contributed by atoms with Crippen molar-refractivity contribution in [3.05, 3.63) is 65.2 Å². The number of rotatable bonds is 5. The quantitative estimate of drug-likeness (QED) is 0.423. The number of para-hydroxylation sites is 1. The Morgan fingerprint density at radius 3 is 2.66 bits per heavy atom. The molecule has 2 aromatic carbocycles. The van der Waals surface area contributed by atoms with Gasteiger partial charge in [0.05, 0.1) is 27.9 Å². The summed E-state index contributed by atoms with van der Waals surface area (Å²) in [5.74, 6) is -0.264. The molecule has 0 aliphatic rings. The molecule has 2 heterocycles. The number of alkyl halides is 3. The van der Waals surface area contributed by atoms with Crippen LogP contribution in [0, 0.1) is 0 Å². The molecule has 0 radical (unpaired) electrons. The lowest BCUT2D eigenvalue weighted by Crippen LogP contribution is -2.14. The lowest BCUT2D eigenvalue weighted by molar-refractivity contribution is -0.137. The molecule has 0 spiro atoms. The Labute approximate surface area is 171 Å². The van der Waals surface area contributed by atoms with Gasteiger partial charge in [0, 0.05) is 11.1 Å². The van der Waals surface area contributed by atoms with E-state index in [-0.39, 0.29) is 18.0 Å². The Hall–Kier alpha value is -2.98. The molecule has 0 saturated carbocycles. The first kappa shape index (κ1) is 19.3. The van der Waals surface area contributed by atoms with Crippen molar-refractivity contribution in [3.63, 3.8) is 0 Å². The number of nitrogens with one attached hydrogen (secondary N) is 2. The molecule has 0 bridgehead atoms. The Morgan fingerprint density at radius 1 is 1.03 bits per heavy atom. The van der Waals surface area contributed by atoms with Crippen LogP contribution in [0.2, 0.25) is 0 Å². The number of hydrogen-bond acceptors (Lipinski definition) is 6. The van der Waals surface area contributed by atoms with Crippen LogP contribution >= 0.6 is 22.7 Å². The van der Waals surface area contributed by atoms with E-state index in [1.807, 2.05) is 24.3 Å². The Bertz CT molecular complexity index is 1140. The fraction of sp³-hybridized carbons (Fsp3) is 0.105. The van der Waals surface area contributed by atoms with E-state index >= 15 is 0 Å². The number of benzene rings is 2. The third-order valence-corrected chi connectivity index (χ3v) is 5.63. The van der Waals surface area contributed by atoms with Gasteiger partial charge in [-0.3, -0.25) is 4.79 Å². The normalized spacial score (nSPS) is 11.6. The van der Waals surface area contributed by atoms with Crippen molar-refractivity contribution in [1.82, 2.24) is 9.97 Å². The maximum atomic E-state index is 12.8. The van der Waals surface area contributed by atoms with Crippen molar-refractivity contribution in [3.8, 4) is 0 Å². The van der Waals surface area contributed by atoms with Gasteiger partial charge >= 0.3 is 6.18 Å². The summed E-state index contributed by atoms with van der Waals surface area (Å²) in [5.41, 5.74) is 0.867. The highest BCUT2D eigenvalue weighted by Gasteiger charge is 2.30. The Balaban J connectivity index is 1.39. The lowest BCUT2D eigenvalue weighted by atomic mass is 10.2. The average Bonchev–Trinajstić information content (AvgIpc) is 3.27. The van der Waals surface area contributed by atoms with Gasteiger partial charge in [0.15, 0.2) is 10.3 Å². The first-order chi connectivity index (χ1) is 13.9. The molecule has 4 aromatic rings. The number of thiazole rings is 2. The summed E-state index contributed by atoms with van der Waals surface area (Å²) in [6.07, 6.45) is -4.37. The number of anilines is 3. The Kier molecular flexibility index (Phi) is 5.20. The van der Waals surface area contributed by atoms with Gasteiger partial charge < -0.3 is 10.6 Å². The molecule has 2 aromatic heterocycles. The van der Waals surface area contributed by atoms with Crippen molar-refractivity contribution in [2.24, 2.45) is 0 Å². The van der Waals surface area contributed by atoms with E-state index in [1.165, 1.54) is 34.8 Å². The van der Waals surface area contributed by atoms with Gasteiger partial charge in [0.1, 0.15) is 0 Å². The summed E-state index contributed by atoms with van der Waals surface area (Å²) in [7, 11) is 0. The van der Waals surface area contributed by atoms with Crippen molar-refractivity contribution < 1.29 is 18.0 Å². The van der Waals surface area contributed by atoms with Gasteiger partial charge in [-0.25, -0.2) is 9.97 Å². The monoisotopic (exact) mass is 434 g/mol. The van der Waals surface area contributed by atoms with Gasteiger partial charge in [-0.2, -0.15) is 13.2 Å². The highest BCUT2D eigenvalue weighted by atomic mass is 32.1. The van der Waals surface area contributed by atoms with Crippen LogP contribution in [0.5, 0.6) is 0 Å². The second-order valence-corrected chi connectivity index (χ2v) is 7.95. The van der Waals surface area contributed by atoms with Crippen LogP contribution in [0.25, 0.3) is 10.2 Å². The molecule has 148 valence electrons. The summed E-state index contributed by atoms with van der Waals surface area (Å²) in [6, 6.07) is 12.4. The molecule has 0 aliphatic carbocycles. The zero-order valence-corrected chi connectivity index (χ0v) is 16.3. The molecule has 4 rings (SSSR count). The summed E-state index contributed by atoms with van der Waals surface area (Å²) < 4.78 is 39.4. The lowest BCUT2D eigenvalue weighted by Gasteiger charge is -2.08. The van der Waals surface area contributed by atoms with Crippen LogP contribution in [0.4, 0.5) is 29.1 Å². The maximum absolute atomic E-state index is 12.8. The third-order valence-electron chi connectivity index (χ3n) is 3.87. The van der Waals surface area contributed by atoms with Crippen molar-refractivity contribution in [2.75, 3.05) is 10.6 Å². The number of carbonyl (C=O) groups excluding carboxylic acids is 1. The van der Waals surface area contributed by atoms with Crippen molar-refractivity contribution >= 4 is 54.7 Å². The highest BCUT2D eigenvalue weighted by molar-refractivity contribution is 7.22. The fourth-order valence-electron chi connectivity index (χ4n) is 2.60. The minimum absolute atomic E-state index is 0.0384. The number of halogens is 3. The van der Waals surface area contributed by atoms with Crippen LogP contribution in [0.3, 0.4) is 0 Å². The number of amides is 1. The minimum atomic E-state index is -4.41. The molecule has 1 amide bonds. The Morgan fingerprint density at radius 2 is 1.86 bits per heavy atom. The van der Waals surface area contributed by atoms with E-state index in [9.17, 15) is 18.0 Å². The summed E-state index contributed by atoms with van der Waals surface area (Å²) in [6.45, 7) is 0. The van der Waals surface area contributed by atoms with Crippen LogP contribution in [0.1, 0.15) is 11.3 Å². The first-order valence-electron chi connectivity index (χ1n) is 8.41. The summed E-state index contributed by atoms with van der Waals surface area (Å²) in [5, 5.41) is 8.20. The van der Waals surface area contributed by atoms with Crippen LogP contribution < -0.4 is 10.6 Å². The fourth-order valence-corrected chi connectivity index (χ4v) is 4.21. The topological polar surface area (TPSA) is 66.9 Å². The van der Waals surface area contributed by atoms with E-state index in [4.69, 9.17) is 0 Å². The molecule has 0 unspecified atom stereocenters. The molecule has 0 aliphatic heterocycles.